The predicted octanol–water partition coefficient (Wildman–Crippen LogP) is 4.30. The van der Waals surface area contributed by atoms with Gasteiger partial charge in [0, 0.05) is 6.54 Å². The van der Waals surface area contributed by atoms with Crippen LogP contribution in [-0.2, 0) is 10.9 Å². The summed E-state index contributed by atoms with van der Waals surface area (Å²) in [6.45, 7) is 5.92. The molecule has 5 nitrogen and oxygen atoms in total. The van der Waals surface area contributed by atoms with Crippen LogP contribution < -0.4 is 0 Å². The van der Waals surface area contributed by atoms with E-state index in [9.17, 15) is 18.0 Å². The third-order valence-electron chi connectivity index (χ3n) is 3.61. The summed E-state index contributed by atoms with van der Waals surface area (Å²) in [6.07, 6.45) is 2.67. The second-order valence-electron chi connectivity index (χ2n) is 6.92. The van der Waals surface area contributed by atoms with Crippen molar-refractivity contribution in [1.29, 1.82) is 0 Å². The summed E-state index contributed by atoms with van der Waals surface area (Å²) in [5, 5.41) is 0. The van der Waals surface area contributed by atoms with Gasteiger partial charge in [-0.3, -0.25) is 4.98 Å². The molecule has 1 amide bonds. The van der Waals surface area contributed by atoms with Gasteiger partial charge in [0.15, 0.2) is 5.69 Å². The number of carbonyl (C=O) groups is 1. The Hall–Kier alpha value is -2.12. The zero-order chi connectivity index (χ0) is 18.7. The van der Waals surface area contributed by atoms with Gasteiger partial charge in [-0.1, -0.05) is 6.08 Å². The number of alkyl halides is 3. The number of rotatable bonds is 2. The molecular formula is C17H22F3N3O2. The van der Waals surface area contributed by atoms with Crippen LogP contribution in [0.15, 0.2) is 18.5 Å². The SMILES string of the molecule is CC(C)(C)OC(=O)N1CCCC[C@H]1/C=C/c1cncc(C(F)(F)F)n1. The van der Waals surface area contributed by atoms with Crippen LogP contribution in [0, 0.1) is 0 Å². The van der Waals surface area contributed by atoms with Crippen LogP contribution in [0.2, 0.25) is 0 Å². The summed E-state index contributed by atoms with van der Waals surface area (Å²) in [5.74, 6) is 0. The highest BCUT2D eigenvalue weighted by atomic mass is 19.4. The molecule has 1 fully saturated rings. The lowest BCUT2D eigenvalue weighted by Crippen LogP contribution is -2.45. The summed E-state index contributed by atoms with van der Waals surface area (Å²) in [4.78, 5) is 21.0. The van der Waals surface area contributed by atoms with Crippen LogP contribution in [0.1, 0.15) is 51.4 Å². The van der Waals surface area contributed by atoms with Crippen molar-refractivity contribution in [3.63, 3.8) is 0 Å². The molecule has 1 aliphatic rings. The second kappa shape index (κ2) is 7.41. The van der Waals surface area contributed by atoms with Crippen LogP contribution in [-0.4, -0.2) is 39.1 Å². The van der Waals surface area contributed by atoms with Crippen molar-refractivity contribution in [3.8, 4) is 0 Å². The molecule has 0 aliphatic carbocycles. The molecule has 1 saturated heterocycles. The van der Waals surface area contributed by atoms with E-state index >= 15 is 0 Å². The molecule has 0 spiro atoms. The number of piperidine rings is 1. The second-order valence-corrected chi connectivity index (χ2v) is 6.92. The zero-order valence-corrected chi connectivity index (χ0v) is 14.5. The van der Waals surface area contributed by atoms with Crippen molar-refractivity contribution in [2.45, 2.75) is 57.9 Å². The fraction of sp³-hybridized carbons (Fsp3) is 0.588. The molecule has 1 atom stereocenters. The first kappa shape index (κ1) is 19.2. The molecule has 1 aromatic heterocycles. The molecule has 0 unspecified atom stereocenters. The minimum Gasteiger partial charge on any atom is -0.444 e. The van der Waals surface area contributed by atoms with Gasteiger partial charge < -0.3 is 9.64 Å². The van der Waals surface area contributed by atoms with Gasteiger partial charge in [-0.15, -0.1) is 0 Å². The monoisotopic (exact) mass is 357 g/mol. The molecule has 25 heavy (non-hydrogen) atoms. The van der Waals surface area contributed by atoms with Crippen molar-refractivity contribution in [2.24, 2.45) is 0 Å². The molecule has 2 heterocycles. The molecule has 0 saturated carbocycles. The summed E-state index contributed by atoms with van der Waals surface area (Å²) in [6, 6.07) is -0.236. The van der Waals surface area contributed by atoms with Crippen LogP contribution in [0.4, 0.5) is 18.0 Å². The van der Waals surface area contributed by atoms with Crippen molar-refractivity contribution in [2.75, 3.05) is 6.54 Å². The minimum atomic E-state index is -4.54. The highest BCUT2D eigenvalue weighted by molar-refractivity contribution is 5.69. The Bertz CT molecular complexity index is 639. The van der Waals surface area contributed by atoms with E-state index in [0.29, 0.717) is 12.7 Å². The van der Waals surface area contributed by atoms with Crippen molar-refractivity contribution in [1.82, 2.24) is 14.9 Å². The summed E-state index contributed by atoms with van der Waals surface area (Å²) >= 11 is 0. The predicted molar refractivity (Wildman–Crippen MR) is 86.6 cm³/mol. The zero-order valence-electron chi connectivity index (χ0n) is 14.5. The maximum Gasteiger partial charge on any atom is 0.434 e. The highest BCUT2D eigenvalue weighted by Gasteiger charge is 2.33. The van der Waals surface area contributed by atoms with Crippen LogP contribution in [0.3, 0.4) is 0 Å². The van der Waals surface area contributed by atoms with Crippen LogP contribution >= 0.6 is 0 Å². The third kappa shape index (κ3) is 5.72. The molecule has 0 radical (unpaired) electrons. The number of halogens is 3. The normalized spacial score (nSPS) is 19.3. The first-order valence-electron chi connectivity index (χ1n) is 8.13. The van der Waals surface area contributed by atoms with Gasteiger partial charge >= 0.3 is 12.3 Å². The van der Waals surface area contributed by atoms with E-state index in [1.54, 1.807) is 31.7 Å². The number of aromatic nitrogens is 2. The smallest absolute Gasteiger partial charge is 0.434 e. The Kier molecular flexibility index (Phi) is 5.69. The van der Waals surface area contributed by atoms with Gasteiger partial charge in [-0.05, 0) is 46.1 Å². The fourth-order valence-electron chi connectivity index (χ4n) is 2.51. The fourth-order valence-corrected chi connectivity index (χ4v) is 2.51. The molecule has 138 valence electrons. The van der Waals surface area contributed by atoms with Gasteiger partial charge in [0.25, 0.3) is 0 Å². The average Bonchev–Trinajstić information content (AvgIpc) is 2.51. The van der Waals surface area contributed by atoms with E-state index < -0.39 is 23.6 Å². The molecule has 2 rings (SSSR count). The Morgan fingerprint density at radius 2 is 2.00 bits per heavy atom. The topological polar surface area (TPSA) is 55.3 Å². The highest BCUT2D eigenvalue weighted by Crippen LogP contribution is 2.27. The van der Waals surface area contributed by atoms with E-state index in [0.717, 1.165) is 19.3 Å². The Labute approximate surface area is 144 Å². The van der Waals surface area contributed by atoms with Gasteiger partial charge in [0.2, 0.25) is 0 Å². The number of nitrogens with zero attached hydrogens (tertiary/aromatic N) is 3. The van der Waals surface area contributed by atoms with Crippen molar-refractivity contribution in [3.05, 3.63) is 29.9 Å². The molecule has 0 aromatic carbocycles. The van der Waals surface area contributed by atoms with E-state index in [1.807, 2.05) is 0 Å². The number of carbonyl (C=O) groups excluding carboxylic acids is 1. The first-order valence-corrected chi connectivity index (χ1v) is 8.13. The Morgan fingerprint density at radius 1 is 1.28 bits per heavy atom. The number of hydrogen-bond donors (Lipinski definition) is 0. The number of hydrogen-bond acceptors (Lipinski definition) is 4. The third-order valence-corrected chi connectivity index (χ3v) is 3.61. The Balaban J connectivity index is 2.13. The average molecular weight is 357 g/mol. The lowest BCUT2D eigenvalue weighted by molar-refractivity contribution is -0.141. The maximum atomic E-state index is 12.7. The van der Waals surface area contributed by atoms with Crippen LogP contribution in [0.5, 0.6) is 0 Å². The summed E-state index contributed by atoms with van der Waals surface area (Å²) in [5.41, 5.74) is -1.54. The molecule has 8 heteroatoms. The standard InChI is InChI=1S/C17H22F3N3O2/c1-16(2,3)25-15(24)23-9-5-4-6-13(23)8-7-12-10-21-11-14(22-12)17(18,19)20/h7-8,10-11,13H,4-6,9H2,1-3H3/b8-7+/t13-/m0/s1. The van der Waals surface area contributed by atoms with Crippen LogP contribution in [0.25, 0.3) is 6.08 Å². The van der Waals surface area contributed by atoms with E-state index in [1.165, 1.54) is 12.3 Å². The van der Waals surface area contributed by atoms with Gasteiger partial charge in [-0.2, -0.15) is 13.2 Å². The maximum absolute atomic E-state index is 12.7. The molecular weight excluding hydrogens is 335 g/mol. The largest absolute Gasteiger partial charge is 0.444 e. The Morgan fingerprint density at radius 3 is 2.64 bits per heavy atom. The molecule has 0 N–H and O–H groups in total. The molecule has 1 aromatic rings. The summed E-state index contributed by atoms with van der Waals surface area (Å²) < 4.78 is 43.5. The lowest BCUT2D eigenvalue weighted by atomic mass is 10.0. The molecule has 1 aliphatic heterocycles. The quantitative estimate of drug-likeness (QED) is 0.792. The number of likely N-dealkylation sites (tertiary alicyclic amines) is 1. The van der Waals surface area contributed by atoms with Gasteiger partial charge in [0.05, 0.1) is 24.1 Å². The molecule has 0 bridgehead atoms. The summed E-state index contributed by atoms with van der Waals surface area (Å²) in [7, 11) is 0. The minimum absolute atomic E-state index is 0.101. The van der Waals surface area contributed by atoms with E-state index in [2.05, 4.69) is 9.97 Å². The lowest BCUT2D eigenvalue weighted by Gasteiger charge is -2.35. The van der Waals surface area contributed by atoms with Gasteiger partial charge in [0.1, 0.15) is 5.60 Å². The van der Waals surface area contributed by atoms with Crippen molar-refractivity contribution < 1.29 is 22.7 Å². The van der Waals surface area contributed by atoms with Crippen molar-refractivity contribution >= 4 is 12.2 Å². The van der Waals surface area contributed by atoms with E-state index in [4.69, 9.17) is 4.74 Å². The van der Waals surface area contributed by atoms with Gasteiger partial charge in [-0.25, -0.2) is 9.78 Å². The first-order chi connectivity index (χ1) is 11.6. The van der Waals surface area contributed by atoms with E-state index in [-0.39, 0.29) is 11.7 Å². The number of amides is 1. The number of ether oxygens (including phenoxy) is 1.